The molecule has 19 heavy (non-hydrogen) atoms. The SMILES string of the molecule is C=C/C(=N/C)C1c2oc3ccccc3c2CCC1C. The van der Waals surface area contributed by atoms with Crippen LogP contribution in [0, 0.1) is 5.92 Å². The van der Waals surface area contributed by atoms with Crippen LogP contribution in [0.1, 0.15) is 30.6 Å². The van der Waals surface area contributed by atoms with Gasteiger partial charge >= 0.3 is 0 Å². The molecule has 0 aliphatic heterocycles. The molecular formula is C17H19NO. The minimum absolute atomic E-state index is 0.249. The third-order valence-corrected chi connectivity index (χ3v) is 4.22. The largest absolute Gasteiger partial charge is 0.460 e. The fourth-order valence-corrected chi connectivity index (χ4v) is 3.21. The molecule has 1 aromatic heterocycles. The van der Waals surface area contributed by atoms with Gasteiger partial charge in [0.25, 0.3) is 0 Å². The van der Waals surface area contributed by atoms with Gasteiger partial charge in [-0.1, -0.05) is 31.7 Å². The van der Waals surface area contributed by atoms with Crippen molar-refractivity contribution in [1.82, 2.24) is 0 Å². The number of aryl methyl sites for hydroxylation is 1. The van der Waals surface area contributed by atoms with Crippen LogP contribution in [0.2, 0.25) is 0 Å². The Morgan fingerprint density at radius 3 is 2.95 bits per heavy atom. The molecule has 2 heteroatoms. The van der Waals surface area contributed by atoms with E-state index in [1.165, 1.54) is 17.4 Å². The van der Waals surface area contributed by atoms with Crippen LogP contribution in [0.3, 0.4) is 0 Å². The van der Waals surface area contributed by atoms with Gasteiger partial charge in [0.1, 0.15) is 11.3 Å². The van der Waals surface area contributed by atoms with E-state index in [1.54, 1.807) is 0 Å². The molecule has 2 atom stereocenters. The van der Waals surface area contributed by atoms with Crippen molar-refractivity contribution in [2.45, 2.75) is 25.7 Å². The monoisotopic (exact) mass is 253 g/mol. The van der Waals surface area contributed by atoms with E-state index in [4.69, 9.17) is 4.42 Å². The normalized spacial score (nSPS) is 23.4. The van der Waals surface area contributed by atoms with E-state index in [9.17, 15) is 0 Å². The highest BCUT2D eigenvalue weighted by atomic mass is 16.3. The lowest BCUT2D eigenvalue weighted by atomic mass is 9.77. The minimum Gasteiger partial charge on any atom is -0.460 e. The number of furan rings is 1. The highest BCUT2D eigenvalue weighted by Gasteiger charge is 2.33. The zero-order valence-electron chi connectivity index (χ0n) is 11.5. The Balaban J connectivity index is 2.22. The molecule has 1 aliphatic carbocycles. The number of para-hydroxylation sites is 1. The lowest BCUT2D eigenvalue weighted by Crippen LogP contribution is -2.23. The molecule has 0 amide bonds. The third kappa shape index (κ3) is 1.83. The van der Waals surface area contributed by atoms with E-state index in [2.05, 4.69) is 30.6 Å². The van der Waals surface area contributed by atoms with Crippen molar-refractivity contribution in [3.63, 3.8) is 0 Å². The number of fused-ring (bicyclic) bond motifs is 3. The Kier molecular flexibility index (Phi) is 3.02. The zero-order chi connectivity index (χ0) is 13.4. The summed E-state index contributed by atoms with van der Waals surface area (Å²) >= 11 is 0. The molecule has 0 radical (unpaired) electrons. The molecule has 1 heterocycles. The molecule has 98 valence electrons. The maximum atomic E-state index is 6.13. The highest BCUT2D eigenvalue weighted by Crippen LogP contribution is 2.42. The number of allylic oxidation sites excluding steroid dienone is 1. The topological polar surface area (TPSA) is 25.5 Å². The van der Waals surface area contributed by atoms with Crippen molar-refractivity contribution in [2.24, 2.45) is 10.9 Å². The summed E-state index contributed by atoms with van der Waals surface area (Å²) in [5.41, 5.74) is 3.39. The molecule has 2 nitrogen and oxygen atoms in total. The van der Waals surface area contributed by atoms with Crippen LogP contribution in [0.5, 0.6) is 0 Å². The predicted octanol–water partition coefficient (Wildman–Crippen LogP) is 4.36. The van der Waals surface area contributed by atoms with Crippen molar-refractivity contribution in [3.05, 3.63) is 48.2 Å². The van der Waals surface area contributed by atoms with E-state index in [1.807, 2.05) is 25.3 Å². The van der Waals surface area contributed by atoms with E-state index in [0.717, 1.165) is 23.5 Å². The Hall–Kier alpha value is -1.83. The van der Waals surface area contributed by atoms with Crippen molar-refractivity contribution >= 4 is 16.7 Å². The molecule has 0 saturated heterocycles. The third-order valence-electron chi connectivity index (χ3n) is 4.22. The van der Waals surface area contributed by atoms with Gasteiger partial charge in [0.05, 0.1) is 5.92 Å². The van der Waals surface area contributed by atoms with Crippen LogP contribution in [0.15, 0.2) is 46.3 Å². The predicted molar refractivity (Wildman–Crippen MR) is 80.0 cm³/mol. The Morgan fingerprint density at radius 2 is 2.21 bits per heavy atom. The molecule has 0 spiro atoms. The number of benzene rings is 1. The summed E-state index contributed by atoms with van der Waals surface area (Å²) in [7, 11) is 1.83. The summed E-state index contributed by atoms with van der Waals surface area (Å²) < 4.78 is 6.13. The molecule has 0 fully saturated rings. The maximum absolute atomic E-state index is 6.13. The van der Waals surface area contributed by atoms with Crippen molar-refractivity contribution < 1.29 is 4.42 Å². The van der Waals surface area contributed by atoms with Gasteiger partial charge < -0.3 is 4.42 Å². The average Bonchev–Trinajstić information content (AvgIpc) is 2.81. The van der Waals surface area contributed by atoms with Gasteiger partial charge in [-0.25, -0.2) is 0 Å². The number of rotatable bonds is 2. The first-order chi connectivity index (χ1) is 9.26. The van der Waals surface area contributed by atoms with Crippen LogP contribution in [0.25, 0.3) is 11.0 Å². The van der Waals surface area contributed by atoms with Gasteiger partial charge in [-0.05, 0) is 30.9 Å². The first kappa shape index (κ1) is 12.2. The number of nitrogens with zero attached hydrogens (tertiary/aromatic N) is 1. The van der Waals surface area contributed by atoms with Gasteiger partial charge in [0.15, 0.2) is 0 Å². The second-order valence-electron chi connectivity index (χ2n) is 5.29. The van der Waals surface area contributed by atoms with Crippen molar-refractivity contribution in [1.29, 1.82) is 0 Å². The summed E-state index contributed by atoms with van der Waals surface area (Å²) in [5.74, 6) is 1.89. The lowest BCUT2D eigenvalue weighted by Gasteiger charge is -2.27. The zero-order valence-corrected chi connectivity index (χ0v) is 11.5. The highest BCUT2D eigenvalue weighted by molar-refractivity contribution is 6.01. The standard InChI is InChI=1S/C17H19NO/c1-4-14(18-3)16-11(2)9-10-13-12-7-5-6-8-15(12)19-17(13)16/h4-8,11,16H,1,9-10H2,2-3H3/b18-14-. The molecule has 2 aromatic rings. The number of aliphatic imine (C=N–C) groups is 1. The number of hydrogen-bond donors (Lipinski definition) is 0. The second-order valence-corrected chi connectivity index (χ2v) is 5.29. The fourth-order valence-electron chi connectivity index (χ4n) is 3.21. The summed E-state index contributed by atoms with van der Waals surface area (Å²) in [6, 6.07) is 8.30. The summed E-state index contributed by atoms with van der Waals surface area (Å²) in [4.78, 5) is 4.39. The molecule has 2 unspecified atom stereocenters. The van der Waals surface area contributed by atoms with Gasteiger partial charge in [-0.2, -0.15) is 0 Å². The van der Waals surface area contributed by atoms with Gasteiger partial charge in [0, 0.05) is 23.7 Å². The first-order valence-electron chi connectivity index (χ1n) is 6.85. The van der Waals surface area contributed by atoms with Crippen LogP contribution in [-0.2, 0) is 6.42 Å². The maximum Gasteiger partial charge on any atom is 0.134 e. The quantitative estimate of drug-likeness (QED) is 0.730. The second kappa shape index (κ2) is 4.69. The van der Waals surface area contributed by atoms with Crippen molar-refractivity contribution in [2.75, 3.05) is 7.05 Å². The molecule has 3 rings (SSSR count). The smallest absolute Gasteiger partial charge is 0.134 e. The van der Waals surface area contributed by atoms with Crippen LogP contribution < -0.4 is 0 Å². The summed E-state index contributed by atoms with van der Waals surface area (Å²) in [6.07, 6.45) is 4.13. The van der Waals surface area contributed by atoms with Gasteiger partial charge in [0.2, 0.25) is 0 Å². The van der Waals surface area contributed by atoms with E-state index in [0.29, 0.717) is 5.92 Å². The Labute approximate surface area is 113 Å². The number of hydrogen-bond acceptors (Lipinski definition) is 2. The summed E-state index contributed by atoms with van der Waals surface area (Å²) in [6.45, 7) is 6.17. The average molecular weight is 253 g/mol. The lowest BCUT2D eigenvalue weighted by molar-refractivity contribution is 0.402. The Bertz CT molecular complexity index is 650. The van der Waals surface area contributed by atoms with E-state index < -0.39 is 0 Å². The van der Waals surface area contributed by atoms with Gasteiger partial charge in [-0.15, -0.1) is 0 Å². The molecule has 0 saturated carbocycles. The molecule has 0 N–H and O–H groups in total. The van der Waals surface area contributed by atoms with E-state index >= 15 is 0 Å². The fraction of sp³-hybridized carbons (Fsp3) is 0.353. The van der Waals surface area contributed by atoms with Gasteiger partial charge in [-0.3, -0.25) is 4.99 Å². The van der Waals surface area contributed by atoms with E-state index in [-0.39, 0.29) is 5.92 Å². The Morgan fingerprint density at radius 1 is 1.42 bits per heavy atom. The summed E-state index contributed by atoms with van der Waals surface area (Å²) in [5, 5.41) is 1.26. The molecule has 1 aliphatic rings. The molecule has 0 bridgehead atoms. The van der Waals surface area contributed by atoms with Crippen LogP contribution >= 0.6 is 0 Å². The minimum atomic E-state index is 0.249. The first-order valence-corrected chi connectivity index (χ1v) is 6.85. The molecular weight excluding hydrogens is 234 g/mol. The van der Waals surface area contributed by atoms with Crippen LogP contribution in [-0.4, -0.2) is 12.8 Å². The molecule has 1 aromatic carbocycles. The van der Waals surface area contributed by atoms with Crippen LogP contribution in [0.4, 0.5) is 0 Å². The van der Waals surface area contributed by atoms with Crippen molar-refractivity contribution in [3.8, 4) is 0 Å².